The van der Waals surface area contributed by atoms with Crippen LogP contribution in [-0.4, -0.2) is 24.0 Å². The normalized spacial score (nSPS) is 21.5. The molecule has 1 heterocycles. The minimum absolute atomic E-state index is 0.351. The fourth-order valence-electron chi connectivity index (χ4n) is 11.6. The van der Waals surface area contributed by atoms with E-state index in [1.54, 1.807) is 0 Å². The molecular weight excluding hydrogens is 445 g/mol. The molecule has 1 aliphatic rings. The van der Waals surface area contributed by atoms with Crippen LogP contribution in [0.3, 0.4) is 0 Å². The van der Waals surface area contributed by atoms with Gasteiger partial charge in [-0.2, -0.15) is 0 Å². The van der Waals surface area contributed by atoms with Gasteiger partial charge in [-0.25, -0.2) is 0 Å². The average molecular weight is 508 g/mol. The van der Waals surface area contributed by atoms with Crippen molar-refractivity contribution in [2.45, 2.75) is 181 Å². The Bertz CT molecular complexity index is 684. The van der Waals surface area contributed by atoms with Gasteiger partial charge in [0.05, 0.1) is 24.0 Å². The van der Waals surface area contributed by atoms with E-state index in [9.17, 15) is 0 Å². The Balaban J connectivity index is 4.46. The number of allylic oxidation sites excluding steroid dienone is 2. The topological polar surface area (TPSA) is 0 Å². The van der Waals surface area contributed by atoms with Crippen LogP contribution in [0.1, 0.15) is 144 Å². The van der Waals surface area contributed by atoms with Crippen LogP contribution in [0.15, 0.2) is 10.4 Å². The second kappa shape index (κ2) is 8.75. The van der Waals surface area contributed by atoms with Crippen molar-refractivity contribution in [2.75, 3.05) is 0 Å². The maximum absolute atomic E-state index is 2.73. The van der Waals surface area contributed by atoms with Crippen molar-refractivity contribution >= 4 is 24.0 Å². The lowest BCUT2D eigenvalue weighted by Crippen LogP contribution is -2.74. The first kappa shape index (κ1) is 31.4. The van der Waals surface area contributed by atoms with Crippen molar-refractivity contribution in [3.63, 3.8) is 0 Å². The fourth-order valence-corrected chi connectivity index (χ4v) is 50.0. The van der Waals surface area contributed by atoms with Gasteiger partial charge in [0, 0.05) is 0 Å². The minimum atomic E-state index is -1.90. The first-order chi connectivity index (χ1) is 14.2. The van der Waals surface area contributed by atoms with Crippen LogP contribution in [0, 0.1) is 0 Å². The molecule has 1 radical (unpaired) electrons. The highest BCUT2D eigenvalue weighted by Crippen LogP contribution is 2.73. The predicted molar refractivity (Wildman–Crippen MR) is 162 cm³/mol. The molecule has 0 amide bonds. The Morgan fingerprint density at radius 3 is 1.21 bits per heavy atom. The molecule has 0 nitrogen and oxygen atoms in total. The number of rotatable bonds is 3. The third kappa shape index (κ3) is 4.30. The third-order valence-electron chi connectivity index (χ3n) is 9.60. The molecule has 3 heteroatoms. The van der Waals surface area contributed by atoms with E-state index >= 15 is 0 Å². The third-order valence-corrected chi connectivity index (χ3v) is 39.6. The zero-order valence-electron chi connectivity index (χ0n) is 26.6. The summed E-state index contributed by atoms with van der Waals surface area (Å²) >= 11 is 0. The molecular formula is C30H63Si3. The molecule has 0 aromatic rings. The van der Waals surface area contributed by atoms with Crippen LogP contribution < -0.4 is 0 Å². The monoisotopic (exact) mass is 507 g/mol. The number of hydrogen-bond acceptors (Lipinski definition) is 0. The van der Waals surface area contributed by atoms with E-state index in [4.69, 9.17) is 0 Å². The second-order valence-corrected chi connectivity index (χ2v) is 35.4. The quantitative estimate of drug-likeness (QED) is 0.333. The van der Waals surface area contributed by atoms with E-state index in [1.165, 1.54) is 18.9 Å². The van der Waals surface area contributed by atoms with Gasteiger partial charge in [-0.05, 0) is 43.1 Å². The summed E-state index contributed by atoms with van der Waals surface area (Å²) in [7, 11) is -4.45. The van der Waals surface area contributed by atoms with Crippen molar-refractivity contribution in [3.8, 4) is 0 Å². The first-order valence-electron chi connectivity index (χ1n) is 13.8. The van der Waals surface area contributed by atoms with Gasteiger partial charge >= 0.3 is 0 Å². The van der Waals surface area contributed by atoms with Gasteiger partial charge in [0.1, 0.15) is 0 Å². The number of hydrogen-bond donors (Lipinski definition) is 0. The summed E-state index contributed by atoms with van der Waals surface area (Å²) in [6, 6.07) is 1.49. The molecule has 0 saturated heterocycles. The van der Waals surface area contributed by atoms with E-state index in [0.717, 1.165) is 0 Å². The summed E-state index contributed by atoms with van der Waals surface area (Å²) in [5, 5.41) is 6.25. The van der Waals surface area contributed by atoms with Gasteiger partial charge < -0.3 is 0 Å². The van der Waals surface area contributed by atoms with Gasteiger partial charge in [0.2, 0.25) is 0 Å². The smallest absolute Gasteiger partial charge is 0.0900 e. The van der Waals surface area contributed by atoms with E-state index in [-0.39, 0.29) is 0 Å². The highest BCUT2D eigenvalue weighted by molar-refractivity contribution is 7.39. The summed E-state index contributed by atoms with van der Waals surface area (Å²) in [6.45, 7) is 49.8. The van der Waals surface area contributed by atoms with Crippen molar-refractivity contribution in [2.24, 2.45) is 0 Å². The predicted octanol–water partition coefficient (Wildman–Crippen LogP) is 11.4. The van der Waals surface area contributed by atoms with E-state index in [2.05, 4.69) is 132 Å². The molecule has 0 spiro atoms. The van der Waals surface area contributed by atoms with Crippen LogP contribution in [-0.2, 0) is 0 Å². The zero-order chi connectivity index (χ0) is 26.9. The van der Waals surface area contributed by atoms with Gasteiger partial charge in [-0.1, -0.05) is 148 Å². The largest absolute Gasteiger partial charge is 0.0967 e. The highest BCUT2D eigenvalue weighted by atomic mass is 29.2. The second-order valence-electron chi connectivity index (χ2n) is 17.0. The molecule has 0 bridgehead atoms. The van der Waals surface area contributed by atoms with Crippen LogP contribution >= 0.6 is 0 Å². The Kier molecular flexibility index (Phi) is 8.33. The van der Waals surface area contributed by atoms with Crippen molar-refractivity contribution in [1.82, 2.24) is 0 Å². The molecule has 0 aromatic carbocycles. The zero-order valence-corrected chi connectivity index (χ0v) is 29.6. The van der Waals surface area contributed by atoms with E-state index < -0.39 is 24.0 Å². The molecule has 0 atom stereocenters. The molecule has 1 rings (SSSR count). The lowest BCUT2D eigenvalue weighted by molar-refractivity contribution is 0.526. The van der Waals surface area contributed by atoms with Gasteiger partial charge in [0.15, 0.2) is 0 Å². The molecule has 0 N–H and O–H groups in total. The van der Waals surface area contributed by atoms with Crippen molar-refractivity contribution < 1.29 is 0 Å². The minimum Gasteiger partial charge on any atom is -0.0900 e. The Labute approximate surface area is 214 Å². The average Bonchev–Trinajstić information content (AvgIpc) is 2.46. The van der Waals surface area contributed by atoms with Crippen LogP contribution in [0.2, 0.25) is 36.3 Å². The van der Waals surface area contributed by atoms with Gasteiger partial charge in [0.25, 0.3) is 0 Å². The highest BCUT2D eigenvalue weighted by Gasteiger charge is 2.71. The molecule has 0 unspecified atom stereocenters. The SMILES string of the molecule is CCC1=C(CC)[Si](C(C)(C)C)(C(C)(C)C)C(C)(C)C[Si]1[Si](C(C)(C)C)(C(C)(C)C)C(C)(C)C. The van der Waals surface area contributed by atoms with E-state index in [1.807, 2.05) is 10.4 Å². The summed E-state index contributed by atoms with van der Waals surface area (Å²) in [6.07, 6.45) is 2.55. The molecule has 195 valence electrons. The fraction of sp³-hybridized carbons (Fsp3) is 0.933. The molecule has 1 aliphatic heterocycles. The van der Waals surface area contributed by atoms with Crippen molar-refractivity contribution in [3.05, 3.63) is 10.4 Å². The standard InChI is InChI=1S/C30H63Si3/c1-20-23-24(21-2)32(25(3,4)5,26(6,7)8)30(18,19)22-31(23)33(27(9,10)11,28(12,13)14)29(15,16)17/h20-22H2,1-19H3. The molecule has 0 saturated carbocycles. The Hall–Kier alpha value is 0.391. The summed E-state index contributed by atoms with van der Waals surface area (Å²) in [4.78, 5) is 0. The van der Waals surface area contributed by atoms with Gasteiger partial charge in [-0.3, -0.25) is 0 Å². The maximum Gasteiger partial charge on any atom is 0.0967 e. The maximum atomic E-state index is 2.73. The molecule has 33 heavy (non-hydrogen) atoms. The van der Waals surface area contributed by atoms with Crippen molar-refractivity contribution in [1.29, 1.82) is 0 Å². The van der Waals surface area contributed by atoms with Crippen LogP contribution in [0.5, 0.6) is 0 Å². The lowest BCUT2D eigenvalue weighted by atomic mass is 10.2. The molecule has 0 aliphatic carbocycles. The first-order valence-corrected chi connectivity index (χ1v) is 20.5. The Morgan fingerprint density at radius 2 is 1.00 bits per heavy atom. The van der Waals surface area contributed by atoms with Crippen LogP contribution in [0.25, 0.3) is 0 Å². The molecule has 0 aromatic heterocycles. The van der Waals surface area contributed by atoms with Gasteiger partial charge in [-0.15, -0.1) is 0 Å². The summed E-state index contributed by atoms with van der Waals surface area (Å²) < 4.78 is 0. The Morgan fingerprint density at radius 1 is 0.667 bits per heavy atom. The lowest BCUT2D eigenvalue weighted by Gasteiger charge is -2.70. The summed E-state index contributed by atoms with van der Waals surface area (Å²) in [5.74, 6) is 0. The van der Waals surface area contributed by atoms with E-state index in [0.29, 0.717) is 30.2 Å². The summed E-state index contributed by atoms with van der Waals surface area (Å²) in [5.41, 5.74) is 0. The molecule has 0 fully saturated rings. The van der Waals surface area contributed by atoms with Crippen LogP contribution in [0.4, 0.5) is 0 Å².